The van der Waals surface area contributed by atoms with Crippen molar-refractivity contribution in [2.24, 2.45) is 12.0 Å². The molecular formula is C24H26F2N8O2. The average Bonchev–Trinajstić information content (AvgIpc) is 3.46. The minimum Gasteiger partial charge on any atom is -0.382 e. The van der Waals surface area contributed by atoms with E-state index in [1.54, 1.807) is 22.9 Å². The molecule has 10 nitrogen and oxygen atoms in total. The van der Waals surface area contributed by atoms with Crippen molar-refractivity contribution in [2.75, 3.05) is 19.0 Å². The number of ether oxygens (including phenoxy) is 1. The summed E-state index contributed by atoms with van der Waals surface area (Å²) in [6.07, 6.45) is 5.37. The molecule has 1 amide bonds. The Kier molecular flexibility index (Phi) is 6.27. The number of hydrogen-bond acceptors (Lipinski definition) is 7. The molecule has 0 saturated carbocycles. The van der Waals surface area contributed by atoms with Gasteiger partial charge in [0.2, 0.25) is 5.96 Å². The highest BCUT2D eigenvalue weighted by Crippen LogP contribution is 2.30. The number of amides is 1. The lowest BCUT2D eigenvalue weighted by molar-refractivity contribution is 0.0379. The molecular weight excluding hydrogens is 470 g/mol. The summed E-state index contributed by atoms with van der Waals surface area (Å²) >= 11 is 0. The summed E-state index contributed by atoms with van der Waals surface area (Å²) in [5, 5.41) is 10.5. The van der Waals surface area contributed by atoms with E-state index in [9.17, 15) is 13.6 Å². The van der Waals surface area contributed by atoms with Crippen LogP contribution in [0.25, 0.3) is 0 Å². The molecule has 2 aliphatic rings. The molecule has 2 aromatic heterocycles. The molecule has 0 aliphatic carbocycles. The van der Waals surface area contributed by atoms with Gasteiger partial charge in [0.05, 0.1) is 24.5 Å². The molecule has 0 fully saturated rings. The Balaban J connectivity index is 1.42. The number of benzene rings is 1. The number of carbonyl (C=O) groups excluding carboxylic acids is 1. The zero-order chi connectivity index (χ0) is 25.4. The lowest BCUT2D eigenvalue weighted by Crippen LogP contribution is -2.49. The lowest BCUT2D eigenvalue weighted by Gasteiger charge is -2.35. The summed E-state index contributed by atoms with van der Waals surface area (Å²) in [5.41, 5.74) is 2.04. The van der Waals surface area contributed by atoms with E-state index < -0.39 is 17.7 Å². The van der Waals surface area contributed by atoms with Crippen LogP contribution >= 0.6 is 0 Å². The third-order valence-corrected chi connectivity index (χ3v) is 6.27. The minimum atomic E-state index is -0.953. The first-order chi connectivity index (χ1) is 17.3. The van der Waals surface area contributed by atoms with Gasteiger partial charge in [0.15, 0.2) is 17.5 Å². The maximum absolute atomic E-state index is 13.8. The van der Waals surface area contributed by atoms with Gasteiger partial charge in [-0.1, -0.05) is 6.07 Å². The lowest BCUT2D eigenvalue weighted by atomic mass is 10.1. The molecule has 2 unspecified atom stereocenters. The van der Waals surface area contributed by atoms with Gasteiger partial charge in [0.1, 0.15) is 11.9 Å². The summed E-state index contributed by atoms with van der Waals surface area (Å²) in [5.74, 6) is -0.632. The first-order valence-corrected chi connectivity index (χ1v) is 11.4. The minimum absolute atomic E-state index is 0.107. The SMILES string of the molecule is COCC1Cn2cc(C3N=C(Nc4ccnn4C)NC=C3C)nc2C(=O)N1Cc1ccc(F)c(F)c1. The van der Waals surface area contributed by atoms with Gasteiger partial charge in [0, 0.05) is 45.7 Å². The highest BCUT2D eigenvalue weighted by molar-refractivity contribution is 5.94. The predicted molar refractivity (Wildman–Crippen MR) is 128 cm³/mol. The first-order valence-electron chi connectivity index (χ1n) is 11.4. The Morgan fingerprint density at radius 2 is 2.08 bits per heavy atom. The summed E-state index contributed by atoms with van der Waals surface area (Å²) in [4.78, 5) is 24.5. The number of hydrogen-bond donors (Lipinski definition) is 2. The predicted octanol–water partition coefficient (Wildman–Crippen LogP) is 2.58. The van der Waals surface area contributed by atoms with Gasteiger partial charge in [-0.05, 0) is 30.2 Å². The van der Waals surface area contributed by atoms with Crippen molar-refractivity contribution in [3.05, 3.63) is 77.1 Å². The zero-order valence-corrected chi connectivity index (χ0v) is 20.1. The Bertz CT molecular complexity index is 1360. The molecule has 4 heterocycles. The number of fused-ring (bicyclic) bond motifs is 1. The van der Waals surface area contributed by atoms with Gasteiger partial charge in [-0.15, -0.1) is 0 Å². The molecule has 0 radical (unpaired) electrons. The maximum Gasteiger partial charge on any atom is 0.290 e. The Hall–Kier alpha value is -4.06. The van der Waals surface area contributed by atoms with Gasteiger partial charge in [-0.2, -0.15) is 5.10 Å². The fraction of sp³-hybridized carbons (Fsp3) is 0.333. The van der Waals surface area contributed by atoms with Crippen LogP contribution in [0.3, 0.4) is 0 Å². The van der Waals surface area contributed by atoms with Crippen LogP contribution in [-0.4, -0.2) is 55.9 Å². The summed E-state index contributed by atoms with van der Waals surface area (Å²) in [7, 11) is 3.38. The highest BCUT2D eigenvalue weighted by Gasteiger charge is 2.35. The van der Waals surface area contributed by atoms with Gasteiger partial charge in [-0.3, -0.25) is 9.48 Å². The number of rotatable bonds is 6. The molecule has 5 rings (SSSR count). The number of aromatic nitrogens is 4. The first kappa shape index (κ1) is 23.7. The third kappa shape index (κ3) is 4.47. The Morgan fingerprint density at radius 3 is 2.81 bits per heavy atom. The van der Waals surface area contributed by atoms with E-state index >= 15 is 0 Å². The van der Waals surface area contributed by atoms with Gasteiger partial charge in [0.25, 0.3) is 5.91 Å². The largest absolute Gasteiger partial charge is 0.382 e. The number of halogens is 2. The van der Waals surface area contributed by atoms with Crippen molar-refractivity contribution in [3.8, 4) is 0 Å². The number of anilines is 1. The van der Waals surface area contributed by atoms with Crippen LogP contribution in [0.4, 0.5) is 14.6 Å². The normalized spacial score (nSPS) is 19.5. The molecule has 0 bridgehead atoms. The van der Waals surface area contributed by atoms with E-state index in [1.807, 2.05) is 37.0 Å². The maximum atomic E-state index is 13.8. The molecule has 2 aliphatic heterocycles. The van der Waals surface area contributed by atoms with E-state index in [2.05, 4.69) is 20.7 Å². The van der Waals surface area contributed by atoms with Crippen molar-refractivity contribution < 1.29 is 18.3 Å². The number of imidazole rings is 1. The van der Waals surface area contributed by atoms with Crippen LogP contribution in [0.1, 0.15) is 34.8 Å². The Morgan fingerprint density at radius 1 is 1.25 bits per heavy atom. The number of guanidine groups is 1. The fourth-order valence-corrected chi connectivity index (χ4v) is 4.38. The second kappa shape index (κ2) is 9.53. The van der Waals surface area contributed by atoms with E-state index in [-0.39, 0.29) is 30.9 Å². The molecule has 2 atom stereocenters. The summed E-state index contributed by atoms with van der Waals surface area (Å²) in [6, 6.07) is 4.76. The van der Waals surface area contributed by atoms with Gasteiger partial charge < -0.3 is 24.8 Å². The number of carbonyl (C=O) groups is 1. The van der Waals surface area contributed by atoms with Crippen LogP contribution in [-0.2, 0) is 24.9 Å². The Labute approximate surface area is 206 Å². The van der Waals surface area contributed by atoms with Crippen LogP contribution in [0, 0.1) is 11.6 Å². The summed E-state index contributed by atoms with van der Waals surface area (Å²) < 4.78 is 36.0. The van der Waals surface area contributed by atoms with Crippen LogP contribution < -0.4 is 10.6 Å². The van der Waals surface area contributed by atoms with E-state index in [0.717, 1.165) is 23.5 Å². The molecule has 1 aromatic carbocycles. The second-order valence-electron chi connectivity index (χ2n) is 8.81. The van der Waals surface area contributed by atoms with E-state index in [0.29, 0.717) is 23.8 Å². The van der Waals surface area contributed by atoms with Crippen LogP contribution in [0.2, 0.25) is 0 Å². The van der Waals surface area contributed by atoms with E-state index in [1.165, 1.54) is 6.07 Å². The number of nitrogens with one attached hydrogen (secondary N) is 2. The smallest absolute Gasteiger partial charge is 0.290 e. The molecule has 3 aromatic rings. The number of aryl methyl sites for hydroxylation is 1. The molecule has 36 heavy (non-hydrogen) atoms. The summed E-state index contributed by atoms with van der Waals surface area (Å²) in [6.45, 7) is 2.77. The number of nitrogens with zero attached hydrogens (tertiary/aromatic N) is 6. The van der Waals surface area contributed by atoms with Crippen LogP contribution in [0.15, 0.2) is 53.4 Å². The highest BCUT2D eigenvalue weighted by atomic mass is 19.2. The second-order valence-corrected chi connectivity index (χ2v) is 8.81. The molecule has 188 valence electrons. The average molecular weight is 497 g/mol. The fourth-order valence-electron chi connectivity index (χ4n) is 4.38. The molecule has 0 spiro atoms. The van der Waals surface area contributed by atoms with Crippen molar-refractivity contribution in [1.82, 2.24) is 29.5 Å². The number of methoxy groups -OCH3 is 1. The number of aliphatic imine (C=N–C) groups is 1. The zero-order valence-electron chi connectivity index (χ0n) is 20.1. The van der Waals surface area contributed by atoms with Gasteiger partial charge >= 0.3 is 0 Å². The van der Waals surface area contributed by atoms with Crippen molar-refractivity contribution >= 4 is 17.7 Å². The molecule has 0 saturated heterocycles. The molecule has 12 heteroatoms. The third-order valence-electron chi connectivity index (χ3n) is 6.27. The monoisotopic (exact) mass is 496 g/mol. The quantitative estimate of drug-likeness (QED) is 0.544. The van der Waals surface area contributed by atoms with Gasteiger partial charge in [-0.25, -0.2) is 18.8 Å². The van der Waals surface area contributed by atoms with Crippen molar-refractivity contribution in [3.63, 3.8) is 0 Å². The van der Waals surface area contributed by atoms with Crippen molar-refractivity contribution in [1.29, 1.82) is 0 Å². The standard InChI is InChI=1S/C24H26F2N8O2/c1-14-9-27-24(30-20-6-7-28-32(20)2)31-21(14)19-12-33-11-16(13-36-3)34(23(35)22(33)29-19)10-15-4-5-17(25)18(26)8-15/h4-9,12,16,21H,10-11,13H2,1-3H3,(H2,27,30,31). The van der Waals surface area contributed by atoms with Crippen molar-refractivity contribution in [2.45, 2.75) is 32.1 Å². The topological polar surface area (TPSA) is 102 Å². The molecule has 2 N–H and O–H groups in total. The van der Waals surface area contributed by atoms with E-state index in [4.69, 9.17) is 9.73 Å². The van der Waals surface area contributed by atoms with Crippen LogP contribution in [0.5, 0.6) is 0 Å².